The van der Waals surface area contributed by atoms with Gasteiger partial charge in [-0.1, -0.05) is 6.07 Å². The van der Waals surface area contributed by atoms with Crippen LogP contribution in [0.3, 0.4) is 0 Å². The van der Waals surface area contributed by atoms with Crippen molar-refractivity contribution in [3.8, 4) is 16.9 Å². The Morgan fingerprint density at radius 3 is 2.88 bits per heavy atom. The van der Waals surface area contributed by atoms with Crippen LogP contribution >= 0.6 is 0 Å². The molecule has 2 aliphatic rings. The minimum absolute atomic E-state index is 0.169. The van der Waals surface area contributed by atoms with Gasteiger partial charge in [-0.2, -0.15) is 0 Å². The van der Waals surface area contributed by atoms with E-state index in [2.05, 4.69) is 25.1 Å². The summed E-state index contributed by atoms with van der Waals surface area (Å²) in [6.07, 6.45) is 7.50. The molecule has 24 heavy (non-hydrogen) atoms. The number of benzene rings is 1. The number of nitrogens with zero attached hydrogens (tertiary/aromatic N) is 1. The lowest BCUT2D eigenvalue weighted by atomic mass is 9.84. The zero-order valence-corrected chi connectivity index (χ0v) is 14.4. The highest BCUT2D eigenvalue weighted by molar-refractivity contribution is 5.74. The van der Waals surface area contributed by atoms with E-state index in [1.165, 1.54) is 46.4 Å². The molecule has 1 aliphatic carbocycles. The normalized spacial score (nSPS) is 16.2. The van der Waals surface area contributed by atoms with E-state index in [4.69, 9.17) is 9.72 Å². The summed E-state index contributed by atoms with van der Waals surface area (Å²) >= 11 is 0. The van der Waals surface area contributed by atoms with E-state index in [1.807, 2.05) is 0 Å². The molecule has 0 saturated heterocycles. The molecule has 0 radical (unpaired) electrons. The van der Waals surface area contributed by atoms with Crippen molar-refractivity contribution in [3.63, 3.8) is 0 Å². The number of aryl methyl sites for hydroxylation is 3. The lowest BCUT2D eigenvalue weighted by Gasteiger charge is -2.25. The molecule has 1 aromatic carbocycles. The van der Waals surface area contributed by atoms with Crippen LogP contribution in [0.4, 0.5) is 0 Å². The number of aliphatic hydroxyl groups is 1. The highest BCUT2D eigenvalue weighted by Crippen LogP contribution is 2.38. The number of ether oxygens (including phenoxy) is 1. The molecule has 1 aliphatic heterocycles. The monoisotopic (exact) mass is 323 g/mol. The van der Waals surface area contributed by atoms with Gasteiger partial charge in [-0.25, -0.2) is 0 Å². The van der Waals surface area contributed by atoms with Crippen molar-refractivity contribution in [1.82, 2.24) is 4.98 Å². The Bertz CT molecular complexity index is 767. The smallest absolute Gasteiger partial charge is 0.122 e. The van der Waals surface area contributed by atoms with Crippen LogP contribution in [0.5, 0.6) is 5.75 Å². The zero-order valence-electron chi connectivity index (χ0n) is 14.4. The number of rotatable bonds is 3. The molecule has 2 heterocycles. The van der Waals surface area contributed by atoms with Crippen molar-refractivity contribution in [2.24, 2.45) is 0 Å². The largest absolute Gasteiger partial charge is 0.493 e. The Hall–Kier alpha value is -1.87. The number of aromatic nitrogens is 1. The van der Waals surface area contributed by atoms with Gasteiger partial charge in [0.05, 0.1) is 6.61 Å². The summed E-state index contributed by atoms with van der Waals surface area (Å²) in [5, 5.41) is 9.56. The lowest BCUT2D eigenvalue weighted by molar-refractivity contribution is 0.288. The minimum Gasteiger partial charge on any atom is -0.493 e. The van der Waals surface area contributed by atoms with E-state index in [-0.39, 0.29) is 6.61 Å². The molecule has 0 unspecified atom stereocenters. The van der Waals surface area contributed by atoms with Gasteiger partial charge < -0.3 is 9.84 Å². The van der Waals surface area contributed by atoms with Gasteiger partial charge in [-0.15, -0.1) is 0 Å². The summed E-state index contributed by atoms with van der Waals surface area (Å²) in [5.74, 6) is 1.04. The number of aliphatic hydroxyl groups excluding tert-OH is 1. The van der Waals surface area contributed by atoms with Crippen LogP contribution in [0.2, 0.25) is 0 Å². The topological polar surface area (TPSA) is 42.4 Å². The van der Waals surface area contributed by atoms with E-state index in [0.717, 1.165) is 43.7 Å². The quantitative estimate of drug-likeness (QED) is 0.934. The number of hydrogen-bond acceptors (Lipinski definition) is 3. The predicted octanol–water partition coefficient (Wildman–Crippen LogP) is 3.80. The molecule has 126 valence electrons. The third-order valence-corrected chi connectivity index (χ3v) is 5.34. The van der Waals surface area contributed by atoms with Gasteiger partial charge in [0.15, 0.2) is 0 Å². The van der Waals surface area contributed by atoms with Crippen LogP contribution in [0.1, 0.15) is 47.3 Å². The third-order valence-electron chi connectivity index (χ3n) is 5.34. The van der Waals surface area contributed by atoms with E-state index in [9.17, 15) is 5.11 Å². The van der Waals surface area contributed by atoms with Gasteiger partial charge in [0, 0.05) is 18.0 Å². The minimum atomic E-state index is 0.169. The summed E-state index contributed by atoms with van der Waals surface area (Å²) in [5.41, 5.74) is 8.89. The molecular formula is C21H25NO2. The van der Waals surface area contributed by atoms with Crippen molar-refractivity contribution in [2.45, 2.75) is 51.9 Å². The summed E-state index contributed by atoms with van der Waals surface area (Å²) in [6, 6.07) is 6.62. The second-order valence-electron chi connectivity index (χ2n) is 6.93. The van der Waals surface area contributed by atoms with Crippen molar-refractivity contribution in [2.75, 3.05) is 13.2 Å². The van der Waals surface area contributed by atoms with Gasteiger partial charge in [0.1, 0.15) is 5.75 Å². The third kappa shape index (κ3) is 2.71. The maximum atomic E-state index is 9.56. The second kappa shape index (κ2) is 6.56. The van der Waals surface area contributed by atoms with Crippen molar-refractivity contribution in [3.05, 3.63) is 46.3 Å². The van der Waals surface area contributed by atoms with Gasteiger partial charge >= 0.3 is 0 Å². The molecule has 3 heteroatoms. The first-order valence-corrected chi connectivity index (χ1v) is 9.16. The Morgan fingerprint density at radius 1 is 1.12 bits per heavy atom. The van der Waals surface area contributed by atoms with Gasteiger partial charge in [-0.3, -0.25) is 4.98 Å². The van der Waals surface area contributed by atoms with Crippen LogP contribution in [0.25, 0.3) is 11.1 Å². The van der Waals surface area contributed by atoms with Crippen LogP contribution in [-0.4, -0.2) is 23.3 Å². The number of fused-ring (bicyclic) bond motifs is 2. The van der Waals surface area contributed by atoms with E-state index in [1.54, 1.807) is 0 Å². The molecule has 0 bridgehead atoms. The maximum Gasteiger partial charge on any atom is 0.122 e. The fourth-order valence-electron chi connectivity index (χ4n) is 4.20. The predicted molar refractivity (Wildman–Crippen MR) is 95.7 cm³/mol. The van der Waals surface area contributed by atoms with Crippen LogP contribution in [0.15, 0.2) is 18.2 Å². The van der Waals surface area contributed by atoms with Gasteiger partial charge in [-0.05, 0) is 91.8 Å². The summed E-state index contributed by atoms with van der Waals surface area (Å²) in [7, 11) is 0. The lowest BCUT2D eigenvalue weighted by Crippen LogP contribution is -2.13. The number of pyridine rings is 1. The Balaban J connectivity index is 1.91. The van der Waals surface area contributed by atoms with E-state index < -0.39 is 0 Å². The fraction of sp³-hybridized carbons (Fsp3) is 0.476. The molecule has 0 atom stereocenters. The second-order valence-corrected chi connectivity index (χ2v) is 6.93. The molecule has 0 saturated carbocycles. The summed E-state index contributed by atoms with van der Waals surface area (Å²) in [6.45, 7) is 3.08. The van der Waals surface area contributed by atoms with Crippen LogP contribution in [-0.2, 0) is 25.7 Å². The fourth-order valence-corrected chi connectivity index (χ4v) is 4.20. The highest BCUT2D eigenvalue weighted by Gasteiger charge is 2.22. The maximum absolute atomic E-state index is 9.56. The summed E-state index contributed by atoms with van der Waals surface area (Å²) < 4.78 is 5.78. The molecule has 3 nitrogen and oxygen atoms in total. The molecule has 2 aromatic rings. The molecule has 0 fully saturated rings. The first-order chi connectivity index (χ1) is 11.8. The standard InChI is InChI=1S/C21H25NO2/c1-14-17(10-11-23)21(18-6-2-3-7-19(18)22-14)16-8-9-20-15(13-16)5-4-12-24-20/h8-9,13,23H,2-7,10-12H2,1H3. The molecule has 1 N–H and O–H groups in total. The Morgan fingerprint density at radius 2 is 2.00 bits per heavy atom. The van der Waals surface area contributed by atoms with Crippen molar-refractivity contribution in [1.29, 1.82) is 0 Å². The average Bonchev–Trinajstić information content (AvgIpc) is 2.62. The first kappa shape index (κ1) is 15.6. The average molecular weight is 323 g/mol. The zero-order chi connectivity index (χ0) is 16.5. The van der Waals surface area contributed by atoms with Crippen LogP contribution in [0, 0.1) is 6.92 Å². The molecular weight excluding hydrogens is 298 g/mol. The Labute approximate surface area is 143 Å². The van der Waals surface area contributed by atoms with Crippen molar-refractivity contribution < 1.29 is 9.84 Å². The first-order valence-electron chi connectivity index (χ1n) is 9.16. The van der Waals surface area contributed by atoms with Gasteiger partial charge in [0.25, 0.3) is 0 Å². The molecule has 0 spiro atoms. The van der Waals surface area contributed by atoms with Crippen molar-refractivity contribution >= 4 is 0 Å². The Kier molecular flexibility index (Phi) is 4.28. The van der Waals surface area contributed by atoms with E-state index >= 15 is 0 Å². The SMILES string of the molecule is Cc1nc2c(c(-c3ccc4c(c3)CCCO4)c1CCO)CCCC2. The highest BCUT2D eigenvalue weighted by atomic mass is 16.5. The number of hydrogen-bond donors (Lipinski definition) is 1. The molecule has 0 amide bonds. The molecule has 1 aromatic heterocycles. The molecule has 4 rings (SSSR count). The van der Waals surface area contributed by atoms with Crippen LogP contribution < -0.4 is 4.74 Å². The van der Waals surface area contributed by atoms with Gasteiger partial charge in [0.2, 0.25) is 0 Å². The summed E-state index contributed by atoms with van der Waals surface area (Å²) in [4.78, 5) is 4.87. The van der Waals surface area contributed by atoms with E-state index in [0.29, 0.717) is 6.42 Å².